The molecule has 2 aliphatic rings. The fraction of sp³-hybridized carbons (Fsp3) is 0.875. The fourth-order valence-corrected chi connectivity index (χ4v) is 4.01. The second kappa shape index (κ2) is 7.36. The van der Waals surface area contributed by atoms with E-state index >= 15 is 0 Å². The summed E-state index contributed by atoms with van der Waals surface area (Å²) in [6.07, 6.45) is 12.3. The van der Waals surface area contributed by atoms with Crippen molar-refractivity contribution in [1.82, 2.24) is 25.4 Å². The smallest absolute Gasteiger partial charge is 0.151 e. The van der Waals surface area contributed by atoms with Crippen molar-refractivity contribution in [2.45, 2.75) is 63.5 Å². The summed E-state index contributed by atoms with van der Waals surface area (Å²) in [5, 5.41) is 11.9. The highest BCUT2D eigenvalue weighted by molar-refractivity contribution is 4.91. The zero-order valence-corrected chi connectivity index (χ0v) is 13.2. The van der Waals surface area contributed by atoms with E-state index in [1.54, 1.807) is 11.0 Å². The lowest BCUT2D eigenvalue weighted by Gasteiger charge is -2.40. The molecule has 21 heavy (non-hydrogen) atoms. The standard InChI is InChI=1S/C16H29N5/c1-21-12-19-16(20-21)9-11-18-15-7-3-2-6-13(15)14-8-4-5-10-17-14/h12-15,17-18H,2-11H2,1H3. The number of hydrogen-bond donors (Lipinski definition) is 2. The molecule has 5 nitrogen and oxygen atoms in total. The van der Waals surface area contributed by atoms with Crippen molar-refractivity contribution >= 4 is 0 Å². The van der Waals surface area contributed by atoms with Crippen LogP contribution in [0.25, 0.3) is 0 Å². The van der Waals surface area contributed by atoms with Gasteiger partial charge in [-0.1, -0.05) is 19.3 Å². The van der Waals surface area contributed by atoms with Crippen molar-refractivity contribution < 1.29 is 0 Å². The maximum absolute atomic E-state index is 4.36. The first-order valence-electron chi connectivity index (χ1n) is 8.64. The second-order valence-electron chi connectivity index (χ2n) is 6.65. The molecule has 1 saturated heterocycles. The Kier molecular flexibility index (Phi) is 5.25. The van der Waals surface area contributed by atoms with E-state index in [4.69, 9.17) is 0 Å². The molecule has 1 aliphatic carbocycles. The zero-order chi connectivity index (χ0) is 14.5. The number of nitrogens with zero attached hydrogens (tertiary/aromatic N) is 3. The molecule has 1 aliphatic heterocycles. The molecule has 5 heteroatoms. The van der Waals surface area contributed by atoms with Crippen LogP contribution in [0.1, 0.15) is 50.8 Å². The van der Waals surface area contributed by atoms with Crippen LogP contribution in [0.3, 0.4) is 0 Å². The zero-order valence-electron chi connectivity index (χ0n) is 13.2. The molecule has 118 valence electrons. The van der Waals surface area contributed by atoms with Crippen LogP contribution < -0.4 is 10.6 Å². The van der Waals surface area contributed by atoms with Crippen molar-refractivity contribution in [3.05, 3.63) is 12.2 Å². The molecule has 2 N–H and O–H groups in total. The molecule has 1 saturated carbocycles. The topological polar surface area (TPSA) is 54.8 Å². The van der Waals surface area contributed by atoms with Crippen LogP contribution in [0.2, 0.25) is 0 Å². The van der Waals surface area contributed by atoms with Gasteiger partial charge in [-0.05, 0) is 38.1 Å². The normalized spacial score (nSPS) is 30.4. The van der Waals surface area contributed by atoms with E-state index in [9.17, 15) is 0 Å². The average molecular weight is 291 g/mol. The minimum absolute atomic E-state index is 0.679. The van der Waals surface area contributed by atoms with Crippen LogP contribution in [0.15, 0.2) is 6.33 Å². The predicted octanol–water partition coefficient (Wildman–Crippen LogP) is 1.65. The molecular formula is C16H29N5. The van der Waals surface area contributed by atoms with Crippen molar-refractivity contribution in [3.63, 3.8) is 0 Å². The predicted molar refractivity (Wildman–Crippen MR) is 84.1 cm³/mol. The number of nitrogens with one attached hydrogen (secondary N) is 2. The number of aryl methyl sites for hydroxylation is 1. The van der Waals surface area contributed by atoms with Crippen LogP contribution in [0, 0.1) is 5.92 Å². The Balaban J connectivity index is 1.49. The number of hydrogen-bond acceptors (Lipinski definition) is 4. The molecule has 2 heterocycles. The quantitative estimate of drug-likeness (QED) is 0.866. The van der Waals surface area contributed by atoms with Crippen LogP contribution in [0.5, 0.6) is 0 Å². The summed E-state index contributed by atoms with van der Waals surface area (Å²) < 4.78 is 1.78. The molecule has 3 atom stereocenters. The van der Waals surface area contributed by atoms with Crippen molar-refractivity contribution in [1.29, 1.82) is 0 Å². The third-order valence-electron chi connectivity index (χ3n) is 5.09. The van der Waals surface area contributed by atoms with Crippen molar-refractivity contribution in [2.24, 2.45) is 13.0 Å². The first kappa shape index (κ1) is 15.0. The van der Waals surface area contributed by atoms with Gasteiger partial charge in [0.15, 0.2) is 5.82 Å². The highest BCUT2D eigenvalue weighted by Gasteiger charge is 2.31. The summed E-state index contributed by atoms with van der Waals surface area (Å²) in [5.74, 6) is 1.77. The molecule has 1 aromatic heterocycles. The second-order valence-corrected chi connectivity index (χ2v) is 6.65. The Morgan fingerprint density at radius 1 is 1.24 bits per heavy atom. The highest BCUT2D eigenvalue weighted by Crippen LogP contribution is 2.30. The van der Waals surface area contributed by atoms with Crippen LogP contribution in [-0.4, -0.2) is 39.9 Å². The van der Waals surface area contributed by atoms with E-state index in [1.165, 1.54) is 51.5 Å². The van der Waals surface area contributed by atoms with Gasteiger partial charge in [0.2, 0.25) is 0 Å². The van der Waals surface area contributed by atoms with Gasteiger partial charge in [0.25, 0.3) is 0 Å². The molecule has 3 rings (SSSR count). The van der Waals surface area contributed by atoms with E-state index in [2.05, 4.69) is 20.7 Å². The Hall–Kier alpha value is -0.940. The molecular weight excluding hydrogens is 262 g/mol. The van der Waals surface area contributed by atoms with Gasteiger partial charge in [-0.3, -0.25) is 4.68 Å². The molecule has 0 spiro atoms. The van der Waals surface area contributed by atoms with Gasteiger partial charge in [0.1, 0.15) is 6.33 Å². The highest BCUT2D eigenvalue weighted by atomic mass is 15.3. The number of piperidine rings is 1. The summed E-state index contributed by atoms with van der Waals surface area (Å²) >= 11 is 0. The molecule has 0 radical (unpaired) electrons. The molecule has 0 bridgehead atoms. The first-order chi connectivity index (χ1) is 10.3. The summed E-state index contributed by atoms with van der Waals surface area (Å²) in [5.41, 5.74) is 0. The summed E-state index contributed by atoms with van der Waals surface area (Å²) in [6, 6.07) is 1.42. The van der Waals surface area contributed by atoms with Gasteiger partial charge in [-0.15, -0.1) is 0 Å². The van der Waals surface area contributed by atoms with Crippen molar-refractivity contribution in [3.8, 4) is 0 Å². The van der Waals surface area contributed by atoms with E-state index in [0.29, 0.717) is 6.04 Å². The maximum Gasteiger partial charge on any atom is 0.151 e. The lowest BCUT2D eigenvalue weighted by Crippen LogP contribution is -2.50. The van der Waals surface area contributed by atoms with Crippen LogP contribution in [0.4, 0.5) is 0 Å². The maximum atomic E-state index is 4.36. The van der Waals surface area contributed by atoms with Crippen molar-refractivity contribution in [2.75, 3.05) is 13.1 Å². The molecule has 2 fully saturated rings. The number of rotatable bonds is 5. The molecule has 3 unspecified atom stereocenters. The molecule has 1 aromatic rings. The fourth-order valence-electron chi connectivity index (χ4n) is 4.01. The van der Waals surface area contributed by atoms with Gasteiger partial charge >= 0.3 is 0 Å². The van der Waals surface area contributed by atoms with Gasteiger partial charge in [0, 0.05) is 32.1 Å². The van der Waals surface area contributed by atoms with Gasteiger partial charge in [-0.2, -0.15) is 5.10 Å². The SMILES string of the molecule is Cn1cnc(CCNC2CCCCC2C2CCCCN2)n1. The Morgan fingerprint density at radius 3 is 2.86 bits per heavy atom. The van der Waals surface area contributed by atoms with Gasteiger partial charge in [0.05, 0.1) is 0 Å². The van der Waals surface area contributed by atoms with Crippen LogP contribution >= 0.6 is 0 Å². The molecule has 0 amide bonds. The molecule has 0 aromatic carbocycles. The summed E-state index contributed by atoms with van der Waals surface area (Å²) in [6.45, 7) is 2.21. The monoisotopic (exact) mass is 291 g/mol. The lowest BCUT2D eigenvalue weighted by molar-refractivity contribution is 0.182. The first-order valence-corrected chi connectivity index (χ1v) is 8.64. The minimum Gasteiger partial charge on any atom is -0.314 e. The number of aromatic nitrogens is 3. The van der Waals surface area contributed by atoms with Crippen LogP contribution in [-0.2, 0) is 13.5 Å². The van der Waals surface area contributed by atoms with E-state index in [-0.39, 0.29) is 0 Å². The average Bonchev–Trinajstić information content (AvgIpc) is 2.94. The Morgan fingerprint density at radius 2 is 2.10 bits per heavy atom. The van der Waals surface area contributed by atoms with Gasteiger partial charge < -0.3 is 10.6 Å². The summed E-state index contributed by atoms with van der Waals surface area (Å²) in [7, 11) is 1.93. The van der Waals surface area contributed by atoms with E-state index in [1.807, 2.05) is 7.05 Å². The third kappa shape index (κ3) is 4.04. The minimum atomic E-state index is 0.679. The third-order valence-corrected chi connectivity index (χ3v) is 5.09. The van der Waals surface area contributed by atoms with E-state index < -0.39 is 0 Å². The largest absolute Gasteiger partial charge is 0.314 e. The van der Waals surface area contributed by atoms with E-state index in [0.717, 1.165) is 30.7 Å². The summed E-state index contributed by atoms with van der Waals surface area (Å²) in [4.78, 5) is 4.31. The Labute approximate surface area is 127 Å². The Bertz CT molecular complexity index is 424. The lowest BCUT2D eigenvalue weighted by atomic mass is 9.77. The van der Waals surface area contributed by atoms with Gasteiger partial charge in [-0.25, -0.2) is 4.98 Å².